The van der Waals surface area contributed by atoms with Crippen LogP contribution in [0.25, 0.3) is 0 Å². The van der Waals surface area contributed by atoms with Crippen LogP contribution in [-0.4, -0.2) is 18.2 Å². The van der Waals surface area contributed by atoms with Crippen molar-refractivity contribution >= 4 is 5.97 Å². The molecule has 0 saturated heterocycles. The third-order valence-electron chi connectivity index (χ3n) is 3.91. The van der Waals surface area contributed by atoms with Gasteiger partial charge in [-0.2, -0.15) is 0 Å². The highest BCUT2D eigenvalue weighted by atomic mass is 16.5. The molecule has 1 aromatic rings. The van der Waals surface area contributed by atoms with Crippen molar-refractivity contribution in [1.29, 1.82) is 0 Å². The molecule has 0 aliphatic heterocycles. The van der Waals surface area contributed by atoms with Gasteiger partial charge in [-0.05, 0) is 42.0 Å². The molecule has 0 radical (unpaired) electrons. The molecule has 0 heterocycles. The number of carboxylic acid groups (broad SMARTS) is 1. The summed E-state index contributed by atoms with van der Waals surface area (Å²) in [7, 11) is 1.64. The zero-order valence-electron chi connectivity index (χ0n) is 9.14. The van der Waals surface area contributed by atoms with Crippen LogP contribution in [0.15, 0.2) is 18.2 Å². The fourth-order valence-electron chi connectivity index (χ4n) is 3.05. The van der Waals surface area contributed by atoms with Gasteiger partial charge >= 0.3 is 5.97 Å². The minimum Gasteiger partial charge on any atom is -0.497 e. The van der Waals surface area contributed by atoms with Gasteiger partial charge in [-0.15, -0.1) is 0 Å². The highest BCUT2D eigenvalue weighted by molar-refractivity contribution is 5.77. The van der Waals surface area contributed by atoms with Crippen molar-refractivity contribution < 1.29 is 14.6 Å². The van der Waals surface area contributed by atoms with Crippen molar-refractivity contribution in [2.75, 3.05) is 7.11 Å². The largest absolute Gasteiger partial charge is 0.497 e. The quantitative estimate of drug-likeness (QED) is 0.826. The number of aryl methyl sites for hydroxylation is 1. The van der Waals surface area contributed by atoms with Crippen LogP contribution in [0.2, 0.25) is 0 Å². The Balaban J connectivity index is 1.99. The van der Waals surface area contributed by atoms with Crippen molar-refractivity contribution in [1.82, 2.24) is 0 Å². The number of benzene rings is 1. The Morgan fingerprint density at radius 2 is 2.31 bits per heavy atom. The minimum absolute atomic E-state index is 0.159. The van der Waals surface area contributed by atoms with Crippen molar-refractivity contribution in [2.45, 2.75) is 18.8 Å². The molecule has 1 fully saturated rings. The number of ether oxygens (including phenoxy) is 1. The molecule has 3 unspecified atom stereocenters. The van der Waals surface area contributed by atoms with Crippen molar-refractivity contribution in [3.05, 3.63) is 29.3 Å². The number of methoxy groups -OCH3 is 1. The second kappa shape index (κ2) is 3.24. The molecule has 0 spiro atoms. The van der Waals surface area contributed by atoms with Gasteiger partial charge < -0.3 is 9.84 Å². The van der Waals surface area contributed by atoms with E-state index in [9.17, 15) is 4.79 Å². The third-order valence-corrected chi connectivity index (χ3v) is 3.91. The maximum Gasteiger partial charge on any atom is 0.307 e. The molecule has 3 nitrogen and oxygen atoms in total. The summed E-state index contributed by atoms with van der Waals surface area (Å²) < 4.78 is 5.20. The molecule has 3 heteroatoms. The molecule has 1 saturated carbocycles. The number of carboxylic acids is 1. The van der Waals surface area contributed by atoms with Crippen LogP contribution in [0.1, 0.15) is 23.5 Å². The Labute approximate surface area is 94.0 Å². The summed E-state index contributed by atoms with van der Waals surface area (Å²) in [5.74, 6) is 0.614. The first-order chi connectivity index (χ1) is 7.72. The number of rotatable bonds is 2. The van der Waals surface area contributed by atoms with E-state index in [1.165, 1.54) is 11.1 Å². The topological polar surface area (TPSA) is 46.5 Å². The van der Waals surface area contributed by atoms with Gasteiger partial charge in [0.1, 0.15) is 5.75 Å². The molecule has 1 N–H and O–H groups in total. The van der Waals surface area contributed by atoms with Gasteiger partial charge in [0.15, 0.2) is 0 Å². The number of aliphatic carboxylic acids is 1. The Morgan fingerprint density at radius 1 is 1.50 bits per heavy atom. The van der Waals surface area contributed by atoms with Crippen LogP contribution < -0.4 is 4.74 Å². The van der Waals surface area contributed by atoms with E-state index >= 15 is 0 Å². The lowest BCUT2D eigenvalue weighted by Crippen LogP contribution is -2.01. The molecular weight excluding hydrogens is 204 g/mol. The molecule has 84 valence electrons. The first kappa shape index (κ1) is 9.70. The first-order valence-corrected chi connectivity index (χ1v) is 5.62. The van der Waals surface area contributed by atoms with Crippen LogP contribution in [0.5, 0.6) is 5.75 Å². The van der Waals surface area contributed by atoms with E-state index in [-0.39, 0.29) is 11.8 Å². The number of carbonyl (C=O) groups is 1. The van der Waals surface area contributed by atoms with Crippen LogP contribution >= 0.6 is 0 Å². The normalized spacial score (nSPS) is 30.2. The van der Waals surface area contributed by atoms with E-state index < -0.39 is 5.97 Å². The van der Waals surface area contributed by atoms with Crippen LogP contribution in [0.4, 0.5) is 0 Å². The summed E-state index contributed by atoms with van der Waals surface area (Å²) in [5.41, 5.74) is 2.49. The second-order valence-corrected chi connectivity index (χ2v) is 4.66. The number of hydrogen-bond donors (Lipinski definition) is 1. The first-order valence-electron chi connectivity index (χ1n) is 5.62. The van der Waals surface area contributed by atoms with Gasteiger partial charge in [-0.25, -0.2) is 0 Å². The summed E-state index contributed by atoms with van der Waals surface area (Å²) in [6.07, 6.45) is 2.02. The maximum absolute atomic E-state index is 11.1. The average Bonchev–Trinajstić information content (AvgIpc) is 3.03. The molecule has 16 heavy (non-hydrogen) atoms. The van der Waals surface area contributed by atoms with E-state index in [0.29, 0.717) is 5.92 Å². The summed E-state index contributed by atoms with van der Waals surface area (Å²) in [6, 6.07) is 6.04. The van der Waals surface area contributed by atoms with E-state index in [4.69, 9.17) is 9.84 Å². The lowest BCUT2D eigenvalue weighted by molar-refractivity contribution is -0.139. The Bertz CT molecular complexity index is 452. The van der Waals surface area contributed by atoms with Crippen LogP contribution in [0.3, 0.4) is 0 Å². The Morgan fingerprint density at radius 3 is 3.00 bits per heavy atom. The van der Waals surface area contributed by atoms with E-state index in [1.807, 2.05) is 12.1 Å². The van der Waals surface area contributed by atoms with E-state index in [2.05, 4.69) is 6.07 Å². The van der Waals surface area contributed by atoms with E-state index in [1.54, 1.807) is 7.11 Å². The molecule has 0 amide bonds. The smallest absolute Gasteiger partial charge is 0.307 e. The molecule has 0 aromatic heterocycles. The SMILES string of the molecule is COc1ccc2c(c1)C1C(CC2)C1C(=O)O. The predicted octanol–water partition coefficient (Wildman–Crippen LogP) is 2.06. The monoisotopic (exact) mass is 218 g/mol. The summed E-state index contributed by atoms with van der Waals surface area (Å²) in [5, 5.41) is 9.10. The highest BCUT2D eigenvalue weighted by Gasteiger charge is 2.57. The van der Waals surface area contributed by atoms with Gasteiger partial charge in [0.05, 0.1) is 13.0 Å². The number of fused-ring (bicyclic) bond motifs is 3. The summed E-state index contributed by atoms with van der Waals surface area (Å²) in [6.45, 7) is 0. The zero-order valence-corrected chi connectivity index (χ0v) is 9.14. The molecule has 2 aliphatic carbocycles. The Kier molecular flexibility index (Phi) is 1.96. The van der Waals surface area contributed by atoms with Crippen molar-refractivity contribution in [2.24, 2.45) is 11.8 Å². The van der Waals surface area contributed by atoms with Crippen LogP contribution in [0, 0.1) is 11.8 Å². The summed E-state index contributed by atoms with van der Waals surface area (Å²) >= 11 is 0. The zero-order chi connectivity index (χ0) is 11.3. The second-order valence-electron chi connectivity index (χ2n) is 4.66. The molecule has 2 aliphatic rings. The van der Waals surface area contributed by atoms with E-state index in [0.717, 1.165) is 18.6 Å². The van der Waals surface area contributed by atoms with Gasteiger partial charge in [0, 0.05) is 5.92 Å². The molecule has 1 aromatic carbocycles. The summed E-state index contributed by atoms with van der Waals surface area (Å²) in [4.78, 5) is 11.1. The van der Waals surface area contributed by atoms with Crippen molar-refractivity contribution in [3.63, 3.8) is 0 Å². The fourth-order valence-corrected chi connectivity index (χ4v) is 3.05. The maximum atomic E-state index is 11.1. The van der Waals surface area contributed by atoms with Gasteiger partial charge in [0.2, 0.25) is 0 Å². The Hall–Kier alpha value is -1.51. The number of hydrogen-bond acceptors (Lipinski definition) is 2. The van der Waals surface area contributed by atoms with Crippen LogP contribution in [-0.2, 0) is 11.2 Å². The van der Waals surface area contributed by atoms with Gasteiger partial charge in [0.25, 0.3) is 0 Å². The minimum atomic E-state index is -0.648. The average molecular weight is 218 g/mol. The lowest BCUT2D eigenvalue weighted by atomic mass is 9.91. The van der Waals surface area contributed by atoms with Gasteiger partial charge in [-0.1, -0.05) is 6.07 Å². The van der Waals surface area contributed by atoms with Gasteiger partial charge in [-0.3, -0.25) is 4.79 Å². The molecule has 3 atom stereocenters. The third kappa shape index (κ3) is 1.24. The van der Waals surface area contributed by atoms with Crippen molar-refractivity contribution in [3.8, 4) is 5.75 Å². The molecule has 3 rings (SSSR count). The lowest BCUT2D eigenvalue weighted by Gasteiger charge is -2.15. The molecular formula is C13H14O3. The molecule has 0 bridgehead atoms. The fraction of sp³-hybridized carbons (Fsp3) is 0.462. The predicted molar refractivity (Wildman–Crippen MR) is 58.7 cm³/mol. The standard InChI is InChI=1S/C13H14O3/c1-16-8-4-2-7-3-5-9-11(10(7)6-8)12(9)13(14)15/h2,4,6,9,11-12H,3,5H2,1H3,(H,14,15). The highest BCUT2D eigenvalue weighted by Crippen LogP contribution is 2.60.